The fraction of sp³-hybridized carbons (Fsp3) is 0.500. The van der Waals surface area contributed by atoms with E-state index in [0.717, 1.165) is 0 Å². The van der Waals surface area contributed by atoms with E-state index in [0.29, 0.717) is 6.61 Å². The molecule has 0 aliphatic rings. The number of hydrogen-bond donors (Lipinski definition) is 1. The summed E-state index contributed by atoms with van der Waals surface area (Å²) < 4.78 is 23.3. The van der Waals surface area contributed by atoms with Gasteiger partial charge in [0, 0.05) is 11.4 Å². The predicted molar refractivity (Wildman–Crippen MR) is 154 cm³/mol. The Morgan fingerprint density at radius 2 is 1.26 bits per heavy atom. The molecule has 0 bridgehead atoms. The topological polar surface area (TPSA) is 44.3 Å². The summed E-state index contributed by atoms with van der Waals surface area (Å²) in [6, 6.07) is 21.2. The highest BCUT2D eigenvalue weighted by Crippen LogP contribution is 2.37. The first-order chi connectivity index (χ1) is 15.5. The number of nitrogens with one attached hydrogen (secondary N) is 1. The molecule has 0 saturated carbocycles. The second-order valence-electron chi connectivity index (χ2n) is 12.3. The van der Waals surface area contributed by atoms with Gasteiger partial charge >= 0.3 is 0 Å². The molecule has 34 heavy (non-hydrogen) atoms. The third-order valence-corrected chi connectivity index (χ3v) is 13.2. The summed E-state index contributed by atoms with van der Waals surface area (Å²) in [4.78, 5) is 0. The van der Waals surface area contributed by atoms with E-state index < -0.39 is 38.0 Å². The molecule has 0 aliphatic carbocycles. The van der Waals surface area contributed by atoms with Crippen molar-refractivity contribution in [2.75, 3.05) is 6.61 Å². The van der Waals surface area contributed by atoms with Gasteiger partial charge in [0.1, 0.15) is 18.4 Å². The van der Waals surface area contributed by atoms with Crippen LogP contribution in [0.15, 0.2) is 60.7 Å². The molecule has 0 spiro atoms. The molecule has 3 nitrogen and oxygen atoms in total. The molecule has 1 unspecified atom stereocenters. The van der Waals surface area contributed by atoms with Crippen LogP contribution in [-0.2, 0) is 15.8 Å². The summed E-state index contributed by atoms with van der Waals surface area (Å²) in [7, 11) is -4.37. The van der Waals surface area contributed by atoms with Crippen LogP contribution in [0.25, 0.3) is 0 Å². The maximum atomic E-state index is 13.2. The Morgan fingerprint density at radius 1 is 0.824 bits per heavy atom. The van der Waals surface area contributed by atoms with Crippen molar-refractivity contribution in [2.45, 2.75) is 83.4 Å². The summed E-state index contributed by atoms with van der Waals surface area (Å²) in [5.41, 5.74) is 2.76. The van der Waals surface area contributed by atoms with Crippen LogP contribution in [0.1, 0.15) is 48.5 Å². The minimum atomic E-state index is -2.73. The van der Waals surface area contributed by atoms with Gasteiger partial charge in [-0.15, -0.1) is 10.3 Å². The molecule has 2 aromatic rings. The molecular formula is C28H43NO2SSi2. The quantitative estimate of drug-likeness (QED) is 0.312. The molecule has 2 atom stereocenters. The molecule has 0 aliphatic heterocycles. The average molecular weight is 514 g/mol. The van der Waals surface area contributed by atoms with E-state index in [1.54, 1.807) is 0 Å². The third-order valence-electron chi connectivity index (χ3n) is 5.58. The van der Waals surface area contributed by atoms with Crippen molar-refractivity contribution in [1.82, 2.24) is 4.72 Å². The first-order valence-electron chi connectivity index (χ1n) is 12.0. The summed E-state index contributed by atoms with van der Waals surface area (Å²) in [5, 5.41) is 2.32. The molecule has 6 heteroatoms. The van der Waals surface area contributed by atoms with Crippen molar-refractivity contribution in [3.8, 4) is 11.5 Å². The van der Waals surface area contributed by atoms with E-state index in [2.05, 4.69) is 105 Å². The summed E-state index contributed by atoms with van der Waals surface area (Å²) in [6.07, 6.45) is 0. The third kappa shape index (κ3) is 7.33. The fourth-order valence-corrected chi connectivity index (χ4v) is 9.93. The number of benzene rings is 2. The van der Waals surface area contributed by atoms with Gasteiger partial charge in [-0.2, -0.15) is 0 Å². The van der Waals surface area contributed by atoms with Crippen LogP contribution < -0.4 is 15.1 Å². The van der Waals surface area contributed by atoms with Crippen LogP contribution in [0, 0.1) is 11.5 Å². The zero-order chi connectivity index (χ0) is 25.8. The molecular weight excluding hydrogens is 471 g/mol. The molecule has 0 amide bonds. The van der Waals surface area contributed by atoms with Crippen LogP contribution in [0.3, 0.4) is 0 Å². The van der Waals surface area contributed by atoms with Gasteiger partial charge in [0.2, 0.25) is 0 Å². The molecule has 1 N–H and O–H groups in total. The number of rotatable bonds is 7. The fourth-order valence-electron chi connectivity index (χ4n) is 3.79. The largest absolute Gasteiger partial charge is 0.598 e. The van der Waals surface area contributed by atoms with Gasteiger partial charge in [0.05, 0.1) is 6.61 Å². The van der Waals surface area contributed by atoms with E-state index in [-0.39, 0.29) is 5.04 Å². The lowest BCUT2D eigenvalue weighted by atomic mass is 10.1. The maximum Gasteiger partial charge on any atom is 0.261 e. The molecule has 0 saturated heterocycles. The van der Waals surface area contributed by atoms with E-state index in [9.17, 15) is 4.55 Å². The first-order valence-corrected chi connectivity index (χ1v) is 18.6. The highest BCUT2D eigenvalue weighted by atomic mass is 32.2. The molecule has 0 radical (unpaired) electrons. The summed E-state index contributed by atoms with van der Waals surface area (Å²) in [5.74, 6) is 3.47. The SMILES string of the molecule is CC(C)(C)[S+]([O-])N[C@](C)(C#C[Si](C)(C)C)CO[Si](c1ccccc1)(c1ccccc1)C(C)(C)C. The second kappa shape index (κ2) is 10.7. The van der Waals surface area contributed by atoms with Gasteiger partial charge in [0.15, 0.2) is 0 Å². The van der Waals surface area contributed by atoms with Crippen LogP contribution in [0.5, 0.6) is 0 Å². The Morgan fingerprint density at radius 3 is 1.62 bits per heavy atom. The standard InChI is InChI=1S/C28H43NO2SSi2/c1-26(2,3)32(30)29-28(7,21-22-33(8,9)10)23-31-34(27(4,5)6,24-17-13-11-14-18-24)25-19-15-12-16-20-25/h11-20,29H,23H2,1-10H3/t28-,32?/m1/s1. The van der Waals surface area contributed by atoms with Crippen molar-refractivity contribution < 1.29 is 8.98 Å². The lowest BCUT2D eigenvalue weighted by molar-refractivity contribution is 0.239. The Labute approximate surface area is 213 Å². The zero-order valence-electron chi connectivity index (χ0n) is 22.7. The van der Waals surface area contributed by atoms with Gasteiger partial charge in [-0.1, -0.05) is 107 Å². The first kappa shape index (κ1) is 28.9. The van der Waals surface area contributed by atoms with Gasteiger partial charge in [0.25, 0.3) is 8.32 Å². The normalized spacial score (nSPS) is 15.7. The number of hydrogen-bond acceptors (Lipinski definition) is 3. The molecule has 186 valence electrons. The summed E-state index contributed by atoms with van der Waals surface area (Å²) >= 11 is -1.28. The van der Waals surface area contributed by atoms with Crippen molar-refractivity contribution in [1.29, 1.82) is 0 Å². The van der Waals surface area contributed by atoms with Gasteiger partial charge < -0.3 is 8.98 Å². The minimum Gasteiger partial charge on any atom is -0.598 e. The van der Waals surface area contributed by atoms with Crippen LogP contribution in [-0.4, -0.2) is 37.8 Å². The Balaban J connectivity index is 2.62. The highest BCUT2D eigenvalue weighted by Gasteiger charge is 2.51. The van der Waals surface area contributed by atoms with E-state index in [1.807, 2.05) is 39.8 Å². The van der Waals surface area contributed by atoms with E-state index in [4.69, 9.17) is 4.43 Å². The highest BCUT2D eigenvalue weighted by molar-refractivity contribution is 7.90. The molecule has 0 fully saturated rings. The van der Waals surface area contributed by atoms with E-state index in [1.165, 1.54) is 10.4 Å². The van der Waals surface area contributed by atoms with E-state index >= 15 is 0 Å². The lowest BCUT2D eigenvalue weighted by Gasteiger charge is -2.44. The van der Waals surface area contributed by atoms with Crippen LogP contribution in [0.2, 0.25) is 24.7 Å². The van der Waals surface area contributed by atoms with Crippen molar-refractivity contribution >= 4 is 38.1 Å². The molecule has 2 rings (SSSR count). The average Bonchev–Trinajstić information content (AvgIpc) is 2.72. The Hall–Kier alpha value is -1.34. The Bertz CT molecular complexity index is 943. The molecule has 0 heterocycles. The second-order valence-corrected chi connectivity index (χ2v) is 23.3. The van der Waals surface area contributed by atoms with Crippen LogP contribution >= 0.6 is 0 Å². The molecule has 2 aromatic carbocycles. The van der Waals surface area contributed by atoms with Crippen molar-refractivity contribution in [2.24, 2.45) is 0 Å². The van der Waals surface area contributed by atoms with Crippen molar-refractivity contribution in [3.63, 3.8) is 0 Å². The minimum absolute atomic E-state index is 0.133. The lowest BCUT2D eigenvalue weighted by Crippen LogP contribution is -2.68. The monoisotopic (exact) mass is 513 g/mol. The smallest absolute Gasteiger partial charge is 0.261 e. The van der Waals surface area contributed by atoms with Gasteiger partial charge in [-0.3, -0.25) is 0 Å². The Kier molecular flexibility index (Phi) is 9.12. The predicted octanol–water partition coefficient (Wildman–Crippen LogP) is 5.25. The van der Waals surface area contributed by atoms with Gasteiger partial charge in [-0.05, 0) is 43.1 Å². The maximum absolute atomic E-state index is 13.2. The van der Waals surface area contributed by atoms with Crippen molar-refractivity contribution in [3.05, 3.63) is 60.7 Å². The zero-order valence-corrected chi connectivity index (χ0v) is 25.5. The van der Waals surface area contributed by atoms with Crippen LogP contribution in [0.4, 0.5) is 0 Å². The molecule has 0 aromatic heterocycles. The summed E-state index contributed by atoms with van der Waals surface area (Å²) in [6.45, 7) is 21.8. The van der Waals surface area contributed by atoms with Gasteiger partial charge in [-0.25, -0.2) is 0 Å².